The topological polar surface area (TPSA) is 38.7 Å². The lowest BCUT2D eigenvalue weighted by Crippen LogP contribution is -2.22. The van der Waals surface area contributed by atoms with Gasteiger partial charge in [-0.05, 0) is 27.2 Å². The van der Waals surface area contributed by atoms with Gasteiger partial charge in [0.25, 0.3) is 0 Å². The van der Waals surface area contributed by atoms with Crippen molar-refractivity contribution in [2.45, 2.75) is 45.2 Å². The molecule has 0 aliphatic carbocycles. The lowest BCUT2D eigenvalue weighted by molar-refractivity contribution is -0.145. The molecule has 1 aliphatic rings. The molecule has 1 N–H and O–H groups in total. The molecule has 1 rings (SSSR count). The Balaban J connectivity index is 2.45. The van der Waals surface area contributed by atoms with E-state index in [1.807, 2.05) is 20.8 Å². The van der Waals surface area contributed by atoms with Crippen LogP contribution in [-0.4, -0.2) is 29.7 Å². The standard InChI is InChI=1S/C8H16O3/c1-6-7(4-5-9)11-8(2,3)10-6/h6-7,9H,4-5H2,1-3H3/t6-,7-/m1/s1. The normalized spacial score (nSPS) is 36.0. The van der Waals surface area contributed by atoms with Gasteiger partial charge in [-0.15, -0.1) is 0 Å². The largest absolute Gasteiger partial charge is 0.396 e. The van der Waals surface area contributed by atoms with E-state index in [1.165, 1.54) is 0 Å². The van der Waals surface area contributed by atoms with E-state index in [0.717, 1.165) is 0 Å². The van der Waals surface area contributed by atoms with E-state index in [0.29, 0.717) is 6.42 Å². The summed E-state index contributed by atoms with van der Waals surface area (Å²) in [5, 5.41) is 8.68. The van der Waals surface area contributed by atoms with Gasteiger partial charge in [-0.3, -0.25) is 0 Å². The van der Waals surface area contributed by atoms with Gasteiger partial charge >= 0.3 is 0 Å². The van der Waals surface area contributed by atoms with Gasteiger partial charge in [0.1, 0.15) is 0 Å². The predicted molar refractivity (Wildman–Crippen MR) is 41.2 cm³/mol. The van der Waals surface area contributed by atoms with Crippen LogP contribution in [0.1, 0.15) is 27.2 Å². The molecular weight excluding hydrogens is 144 g/mol. The maximum atomic E-state index is 8.68. The van der Waals surface area contributed by atoms with Crippen molar-refractivity contribution >= 4 is 0 Å². The summed E-state index contributed by atoms with van der Waals surface area (Å²) < 4.78 is 11.0. The molecule has 3 heteroatoms. The summed E-state index contributed by atoms with van der Waals surface area (Å²) in [4.78, 5) is 0. The molecule has 2 atom stereocenters. The van der Waals surface area contributed by atoms with E-state index in [-0.39, 0.29) is 18.8 Å². The number of hydrogen-bond donors (Lipinski definition) is 1. The molecule has 0 unspecified atom stereocenters. The van der Waals surface area contributed by atoms with Crippen LogP contribution in [0, 0.1) is 0 Å². The Morgan fingerprint density at radius 3 is 2.36 bits per heavy atom. The van der Waals surface area contributed by atoms with Gasteiger partial charge < -0.3 is 14.6 Å². The van der Waals surface area contributed by atoms with Crippen molar-refractivity contribution in [1.29, 1.82) is 0 Å². The molecule has 0 aromatic rings. The predicted octanol–water partition coefficient (Wildman–Crippen LogP) is 0.909. The molecule has 66 valence electrons. The fourth-order valence-electron chi connectivity index (χ4n) is 1.43. The summed E-state index contributed by atoms with van der Waals surface area (Å²) in [5.41, 5.74) is 0. The highest BCUT2D eigenvalue weighted by atomic mass is 16.7. The zero-order valence-electron chi connectivity index (χ0n) is 7.33. The average Bonchev–Trinajstić information content (AvgIpc) is 2.07. The molecular formula is C8H16O3. The minimum absolute atomic E-state index is 0.0509. The summed E-state index contributed by atoms with van der Waals surface area (Å²) in [6.07, 6.45) is 0.803. The van der Waals surface area contributed by atoms with Crippen molar-refractivity contribution in [3.05, 3.63) is 0 Å². The van der Waals surface area contributed by atoms with Crippen LogP contribution in [0.3, 0.4) is 0 Å². The molecule has 3 nitrogen and oxygen atoms in total. The van der Waals surface area contributed by atoms with Crippen molar-refractivity contribution in [2.75, 3.05) is 6.61 Å². The van der Waals surface area contributed by atoms with Gasteiger partial charge in [0, 0.05) is 6.61 Å². The van der Waals surface area contributed by atoms with E-state index in [2.05, 4.69) is 0 Å². The molecule has 0 aromatic carbocycles. The maximum Gasteiger partial charge on any atom is 0.163 e. The summed E-state index contributed by atoms with van der Waals surface area (Å²) in [5.74, 6) is -0.473. The smallest absolute Gasteiger partial charge is 0.163 e. The molecule has 1 fully saturated rings. The fraction of sp³-hybridized carbons (Fsp3) is 1.00. The third-order valence-corrected chi connectivity index (χ3v) is 1.84. The lowest BCUT2D eigenvalue weighted by atomic mass is 10.2. The van der Waals surface area contributed by atoms with E-state index in [1.54, 1.807) is 0 Å². The van der Waals surface area contributed by atoms with Gasteiger partial charge in [-0.1, -0.05) is 0 Å². The van der Waals surface area contributed by atoms with Gasteiger partial charge in [0.05, 0.1) is 12.2 Å². The maximum absolute atomic E-state index is 8.68. The Morgan fingerprint density at radius 1 is 1.36 bits per heavy atom. The highest BCUT2D eigenvalue weighted by molar-refractivity contribution is 4.77. The van der Waals surface area contributed by atoms with Crippen molar-refractivity contribution in [3.63, 3.8) is 0 Å². The SMILES string of the molecule is C[C@H]1OC(C)(C)O[C@@H]1CCO. The third kappa shape index (κ3) is 2.15. The first-order chi connectivity index (χ1) is 5.05. The molecule has 0 saturated carbocycles. The van der Waals surface area contributed by atoms with Crippen LogP contribution in [-0.2, 0) is 9.47 Å². The second kappa shape index (κ2) is 3.09. The van der Waals surface area contributed by atoms with Crippen LogP contribution in [0.4, 0.5) is 0 Å². The number of aliphatic hydroxyl groups is 1. The molecule has 0 bridgehead atoms. The summed E-state index contributed by atoms with van der Waals surface area (Å²) in [7, 11) is 0. The lowest BCUT2D eigenvalue weighted by Gasteiger charge is -2.16. The Kier molecular flexibility index (Phi) is 2.52. The minimum atomic E-state index is -0.473. The highest BCUT2D eigenvalue weighted by Gasteiger charge is 2.37. The number of ether oxygens (including phenoxy) is 2. The van der Waals surface area contributed by atoms with Crippen molar-refractivity contribution in [3.8, 4) is 0 Å². The Labute approximate surface area is 67.3 Å². The van der Waals surface area contributed by atoms with E-state index >= 15 is 0 Å². The van der Waals surface area contributed by atoms with Crippen LogP contribution in [0.5, 0.6) is 0 Å². The van der Waals surface area contributed by atoms with Crippen LogP contribution in [0.2, 0.25) is 0 Å². The number of aliphatic hydroxyl groups excluding tert-OH is 1. The summed E-state index contributed by atoms with van der Waals surface area (Å²) in [6.45, 7) is 5.91. The second-order valence-electron chi connectivity index (χ2n) is 3.39. The summed E-state index contributed by atoms with van der Waals surface area (Å²) in [6, 6.07) is 0. The first-order valence-corrected chi connectivity index (χ1v) is 4.01. The average molecular weight is 160 g/mol. The Hall–Kier alpha value is -0.120. The molecule has 1 aliphatic heterocycles. The molecule has 0 aromatic heterocycles. The van der Waals surface area contributed by atoms with Crippen molar-refractivity contribution in [2.24, 2.45) is 0 Å². The minimum Gasteiger partial charge on any atom is -0.396 e. The van der Waals surface area contributed by atoms with Crippen molar-refractivity contribution in [1.82, 2.24) is 0 Å². The Morgan fingerprint density at radius 2 is 2.00 bits per heavy atom. The van der Waals surface area contributed by atoms with Gasteiger partial charge in [-0.2, -0.15) is 0 Å². The molecule has 0 amide bonds. The quantitative estimate of drug-likeness (QED) is 0.652. The van der Waals surface area contributed by atoms with Crippen molar-refractivity contribution < 1.29 is 14.6 Å². The number of rotatable bonds is 2. The van der Waals surface area contributed by atoms with E-state index in [9.17, 15) is 0 Å². The molecule has 11 heavy (non-hydrogen) atoms. The van der Waals surface area contributed by atoms with Crippen LogP contribution in [0.15, 0.2) is 0 Å². The molecule has 1 heterocycles. The second-order valence-corrected chi connectivity index (χ2v) is 3.39. The first-order valence-electron chi connectivity index (χ1n) is 4.01. The van der Waals surface area contributed by atoms with Gasteiger partial charge in [-0.25, -0.2) is 0 Å². The van der Waals surface area contributed by atoms with Gasteiger partial charge in [0.2, 0.25) is 0 Å². The monoisotopic (exact) mass is 160 g/mol. The first kappa shape index (κ1) is 8.97. The fourth-order valence-corrected chi connectivity index (χ4v) is 1.43. The Bertz CT molecular complexity index is 133. The summed E-state index contributed by atoms with van der Waals surface area (Å²) >= 11 is 0. The van der Waals surface area contributed by atoms with Crippen LogP contribution >= 0.6 is 0 Å². The van der Waals surface area contributed by atoms with E-state index < -0.39 is 5.79 Å². The van der Waals surface area contributed by atoms with Crippen LogP contribution in [0.25, 0.3) is 0 Å². The van der Waals surface area contributed by atoms with Gasteiger partial charge in [0.15, 0.2) is 5.79 Å². The number of hydrogen-bond acceptors (Lipinski definition) is 3. The zero-order valence-corrected chi connectivity index (χ0v) is 7.33. The molecule has 1 saturated heterocycles. The third-order valence-electron chi connectivity index (χ3n) is 1.84. The van der Waals surface area contributed by atoms with Crippen LogP contribution < -0.4 is 0 Å². The highest BCUT2D eigenvalue weighted by Crippen LogP contribution is 2.29. The zero-order chi connectivity index (χ0) is 8.48. The molecule has 0 spiro atoms. The molecule has 0 radical (unpaired) electrons. The van der Waals surface area contributed by atoms with E-state index in [4.69, 9.17) is 14.6 Å².